The Morgan fingerprint density at radius 1 is 1.08 bits per heavy atom. The van der Waals surface area contributed by atoms with E-state index in [2.05, 4.69) is 11.2 Å². The summed E-state index contributed by atoms with van der Waals surface area (Å²) < 4.78 is 50.7. The van der Waals surface area contributed by atoms with Gasteiger partial charge >= 0.3 is 6.18 Å². The first-order valence-corrected chi connectivity index (χ1v) is 7.97. The van der Waals surface area contributed by atoms with Gasteiger partial charge in [-0.2, -0.15) is 13.2 Å². The third-order valence-corrected chi connectivity index (χ3v) is 4.03. The Morgan fingerprint density at radius 2 is 1.72 bits per heavy atom. The summed E-state index contributed by atoms with van der Waals surface area (Å²) in [5, 5.41) is 3.18. The highest BCUT2D eigenvalue weighted by Crippen LogP contribution is 2.29. The van der Waals surface area contributed by atoms with Crippen molar-refractivity contribution in [2.24, 2.45) is 0 Å². The highest BCUT2D eigenvalue weighted by Gasteiger charge is 2.29. The van der Waals surface area contributed by atoms with Gasteiger partial charge in [-0.05, 0) is 48.2 Å². The van der Waals surface area contributed by atoms with E-state index < -0.39 is 17.6 Å². The Morgan fingerprint density at radius 3 is 2.28 bits per heavy atom. The summed E-state index contributed by atoms with van der Waals surface area (Å²) in [6.45, 7) is 0.358. The average Bonchev–Trinajstić information content (AvgIpc) is 2.57. The van der Waals surface area contributed by atoms with E-state index in [1.54, 1.807) is 12.1 Å². The second-order valence-corrected chi connectivity index (χ2v) is 5.99. The van der Waals surface area contributed by atoms with Crippen LogP contribution in [0, 0.1) is 18.2 Å². The lowest BCUT2D eigenvalue weighted by Gasteiger charge is -2.14. The van der Waals surface area contributed by atoms with Crippen LogP contribution in [0.5, 0.6) is 0 Å². The van der Waals surface area contributed by atoms with Gasteiger partial charge in [-0.15, -0.1) is 6.42 Å². The van der Waals surface area contributed by atoms with Crippen molar-refractivity contribution in [3.8, 4) is 12.3 Å². The van der Waals surface area contributed by atoms with Gasteiger partial charge < -0.3 is 0 Å². The molecule has 0 radical (unpaired) electrons. The van der Waals surface area contributed by atoms with E-state index in [0.717, 1.165) is 17.7 Å². The first-order chi connectivity index (χ1) is 11.8. The van der Waals surface area contributed by atoms with Gasteiger partial charge in [0.1, 0.15) is 5.82 Å². The van der Waals surface area contributed by atoms with E-state index in [1.165, 1.54) is 18.2 Å². The molecule has 0 spiro atoms. The molecule has 1 N–H and O–H groups in total. The standard InChI is InChI=1S/C19H16ClF4N/c1-2-16(9-5-13-6-10-18(21)17(20)11-13)25-12-14-3-7-15(8-4-14)19(22,23)24/h1,3-4,6-8,10-11,16,25H,5,9,12H2. The zero-order chi connectivity index (χ0) is 18.4. The van der Waals surface area contributed by atoms with Crippen molar-refractivity contribution in [2.75, 3.05) is 0 Å². The van der Waals surface area contributed by atoms with Gasteiger partial charge in [-0.25, -0.2) is 4.39 Å². The molecule has 0 aliphatic rings. The van der Waals surface area contributed by atoms with Crippen molar-refractivity contribution >= 4 is 11.6 Å². The Bertz CT molecular complexity index is 747. The molecular weight excluding hydrogens is 354 g/mol. The first-order valence-electron chi connectivity index (χ1n) is 7.59. The van der Waals surface area contributed by atoms with Crippen molar-refractivity contribution < 1.29 is 17.6 Å². The maximum Gasteiger partial charge on any atom is 0.416 e. The van der Waals surface area contributed by atoms with Crippen molar-refractivity contribution in [1.82, 2.24) is 5.32 Å². The molecule has 1 unspecified atom stereocenters. The number of hydrogen-bond acceptors (Lipinski definition) is 1. The molecular formula is C19H16ClF4N. The summed E-state index contributed by atoms with van der Waals surface area (Å²) in [6, 6.07) is 9.17. The normalized spacial score (nSPS) is 12.6. The monoisotopic (exact) mass is 369 g/mol. The van der Waals surface area contributed by atoms with Crippen LogP contribution in [0.15, 0.2) is 42.5 Å². The Balaban J connectivity index is 1.87. The summed E-state index contributed by atoms with van der Waals surface area (Å²) in [6.07, 6.45) is 2.35. The van der Waals surface area contributed by atoms with Gasteiger partial charge in [-0.3, -0.25) is 5.32 Å². The Labute approximate surface area is 149 Å². The highest BCUT2D eigenvalue weighted by atomic mass is 35.5. The summed E-state index contributed by atoms with van der Waals surface area (Å²) >= 11 is 5.74. The third-order valence-electron chi connectivity index (χ3n) is 3.74. The second-order valence-electron chi connectivity index (χ2n) is 5.58. The van der Waals surface area contributed by atoms with Gasteiger partial charge in [0, 0.05) is 6.54 Å². The maximum atomic E-state index is 13.1. The number of nitrogens with one attached hydrogen (secondary N) is 1. The van der Waals surface area contributed by atoms with Gasteiger partial charge in [0.2, 0.25) is 0 Å². The maximum absolute atomic E-state index is 13.1. The smallest absolute Gasteiger partial charge is 0.300 e. The molecule has 0 fully saturated rings. The van der Waals surface area contributed by atoms with Crippen molar-refractivity contribution in [3.63, 3.8) is 0 Å². The van der Waals surface area contributed by atoms with Gasteiger partial charge in [0.25, 0.3) is 0 Å². The molecule has 0 heterocycles. The Kier molecular flexibility index (Phi) is 6.46. The van der Waals surface area contributed by atoms with Crippen molar-refractivity contribution in [3.05, 3.63) is 70.0 Å². The number of hydrogen-bond donors (Lipinski definition) is 1. The summed E-state index contributed by atoms with van der Waals surface area (Å²) in [4.78, 5) is 0. The lowest BCUT2D eigenvalue weighted by atomic mass is 10.0. The average molecular weight is 370 g/mol. The van der Waals surface area contributed by atoms with E-state index in [4.69, 9.17) is 18.0 Å². The quantitative estimate of drug-likeness (QED) is 0.543. The van der Waals surface area contributed by atoms with E-state index in [0.29, 0.717) is 24.9 Å². The van der Waals surface area contributed by atoms with Gasteiger partial charge in [-0.1, -0.05) is 35.7 Å². The van der Waals surface area contributed by atoms with Crippen LogP contribution in [-0.2, 0) is 19.1 Å². The van der Waals surface area contributed by atoms with Crippen LogP contribution < -0.4 is 5.32 Å². The largest absolute Gasteiger partial charge is 0.416 e. The number of alkyl halides is 3. The SMILES string of the molecule is C#CC(CCc1ccc(F)c(Cl)c1)NCc1ccc(C(F)(F)F)cc1. The third kappa shape index (κ3) is 5.77. The minimum atomic E-state index is -4.34. The van der Waals surface area contributed by atoms with Crippen molar-refractivity contribution in [2.45, 2.75) is 31.6 Å². The van der Waals surface area contributed by atoms with E-state index in [9.17, 15) is 17.6 Å². The zero-order valence-electron chi connectivity index (χ0n) is 13.2. The second kappa shape index (κ2) is 8.37. The number of rotatable bonds is 6. The van der Waals surface area contributed by atoms with Crippen LogP contribution in [0.3, 0.4) is 0 Å². The molecule has 25 heavy (non-hydrogen) atoms. The molecule has 0 aromatic heterocycles. The molecule has 6 heteroatoms. The molecule has 2 rings (SSSR count). The molecule has 0 bridgehead atoms. The van der Waals surface area contributed by atoms with Crippen LogP contribution >= 0.6 is 11.6 Å². The molecule has 132 valence electrons. The predicted octanol–water partition coefficient (Wildman–Crippen LogP) is 5.22. The fraction of sp³-hybridized carbons (Fsp3) is 0.263. The number of benzene rings is 2. The van der Waals surface area contributed by atoms with Crippen LogP contribution in [0.25, 0.3) is 0 Å². The van der Waals surface area contributed by atoms with Crippen LogP contribution in [0.1, 0.15) is 23.1 Å². The van der Waals surface area contributed by atoms with Crippen molar-refractivity contribution in [1.29, 1.82) is 0 Å². The molecule has 0 aliphatic heterocycles. The van der Waals surface area contributed by atoms with Gasteiger partial charge in [0.15, 0.2) is 0 Å². The number of aryl methyl sites for hydroxylation is 1. The Hall–Kier alpha value is -2.03. The summed E-state index contributed by atoms with van der Waals surface area (Å²) in [5.41, 5.74) is 0.888. The molecule has 1 atom stereocenters. The molecule has 1 nitrogen and oxygen atoms in total. The fourth-order valence-corrected chi connectivity index (χ4v) is 2.51. The minimum absolute atomic E-state index is 0.0625. The number of halogens is 5. The minimum Gasteiger partial charge on any atom is -0.300 e. The lowest BCUT2D eigenvalue weighted by molar-refractivity contribution is -0.137. The highest BCUT2D eigenvalue weighted by molar-refractivity contribution is 6.30. The van der Waals surface area contributed by atoms with E-state index in [1.807, 2.05) is 0 Å². The molecule has 0 aliphatic carbocycles. The molecule has 2 aromatic rings. The molecule has 0 amide bonds. The molecule has 2 aromatic carbocycles. The fourth-order valence-electron chi connectivity index (χ4n) is 2.30. The topological polar surface area (TPSA) is 12.0 Å². The van der Waals surface area contributed by atoms with E-state index in [-0.39, 0.29) is 11.1 Å². The predicted molar refractivity (Wildman–Crippen MR) is 90.6 cm³/mol. The lowest BCUT2D eigenvalue weighted by Crippen LogP contribution is -2.27. The van der Waals surface area contributed by atoms with Crippen LogP contribution in [-0.4, -0.2) is 6.04 Å². The van der Waals surface area contributed by atoms with Crippen LogP contribution in [0.2, 0.25) is 5.02 Å². The number of terminal acetylenes is 1. The summed E-state index contributed by atoms with van der Waals surface area (Å²) in [7, 11) is 0. The zero-order valence-corrected chi connectivity index (χ0v) is 14.0. The van der Waals surface area contributed by atoms with Gasteiger partial charge in [0.05, 0.1) is 16.6 Å². The molecule has 0 saturated carbocycles. The van der Waals surface area contributed by atoms with E-state index >= 15 is 0 Å². The van der Waals surface area contributed by atoms with Crippen LogP contribution in [0.4, 0.5) is 17.6 Å². The summed E-state index contributed by atoms with van der Waals surface area (Å²) in [5.74, 6) is 2.13. The molecule has 0 saturated heterocycles. The first kappa shape index (κ1) is 19.3.